The smallest absolute Gasteiger partial charge is 0.312 e. The van der Waals surface area contributed by atoms with E-state index in [1.807, 2.05) is 6.92 Å². The largest absolute Gasteiger partial charge is 0.495 e. The van der Waals surface area contributed by atoms with Gasteiger partial charge in [-0.3, -0.25) is 4.79 Å². The molecule has 10 heteroatoms. The number of methoxy groups -OCH3 is 1. The number of ether oxygens (including phenoxy) is 1. The normalized spacial score (nSPS) is 16.2. The molecule has 1 aliphatic rings. The Kier molecular flexibility index (Phi) is 7.64. The van der Waals surface area contributed by atoms with Crippen LogP contribution in [0.1, 0.15) is 39.0 Å². The first-order valence-electron chi connectivity index (χ1n) is 9.34. The van der Waals surface area contributed by atoms with Gasteiger partial charge in [-0.2, -0.15) is 4.31 Å². The molecular weight excluding hydrogens is 384 g/mol. The lowest BCUT2D eigenvalue weighted by molar-refractivity contribution is -0.118. The summed E-state index contributed by atoms with van der Waals surface area (Å²) < 4.78 is 32.8. The number of piperidine rings is 1. The minimum absolute atomic E-state index is 0.00426. The number of carbonyl (C=O) groups is 2. The van der Waals surface area contributed by atoms with E-state index in [1.54, 1.807) is 6.07 Å². The molecular formula is C18H28N4O5S. The molecule has 1 saturated heterocycles. The molecule has 1 aromatic carbocycles. The van der Waals surface area contributed by atoms with Crippen molar-refractivity contribution in [3.63, 3.8) is 0 Å². The highest BCUT2D eigenvalue weighted by Crippen LogP contribution is 2.31. The van der Waals surface area contributed by atoms with E-state index < -0.39 is 28.0 Å². The highest BCUT2D eigenvalue weighted by atomic mass is 32.2. The molecule has 3 amide bonds. The van der Waals surface area contributed by atoms with Crippen LogP contribution >= 0.6 is 0 Å². The molecule has 0 aromatic heterocycles. The van der Waals surface area contributed by atoms with E-state index in [9.17, 15) is 18.0 Å². The van der Waals surface area contributed by atoms with Gasteiger partial charge in [0.1, 0.15) is 16.7 Å². The number of hydrogen-bond acceptors (Lipinski definition) is 5. The summed E-state index contributed by atoms with van der Waals surface area (Å²) in [5, 5.41) is 5.05. The second kappa shape index (κ2) is 9.74. The van der Waals surface area contributed by atoms with E-state index >= 15 is 0 Å². The number of primary amides is 1. The van der Waals surface area contributed by atoms with Gasteiger partial charge >= 0.3 is 6.03 Å². The lowest BCUT2D eigenvalue weighted by atomic mass is 10.1. The minimum Gasteiger partial charge on any atom is -0.495 e. The molecule has 0 radical (unpaired) electrons. The zero-order valence-corrected chi connectivity index (χ0v) is 17.0. The third-order valence-electron chi connectivity index (χ3n) is 4.57. The highest BCUT2D eigenvalue weighted by molar-refractivity contribution is 7.89. The monoisotopic (exact) mass is 412 g/mol. The van der Waals surface area contributed by atoms with Crippen molar-refractivity contribution in [2.45, 2.75) is 50.0 Å². The number of nitrogens with two attached hydrogens (primary N) is 1. The van der Waals surface area contributed by atoms with Gasteiger partial charge in [0.15, 0.2) is 0 Å². The number of nitrogens with one attached hydrogen (secondary N) is 2. The average molecular weight is 413 g/mol. The van der Waals surface area contributed by atoms with Crippen LogP contribution in [0.5, 0.6) is 5.75 Å². The summed E-state index contributed by atoms with van der Waals surface area (Å²) in [5.41, 5.74) is 5.42. The van der Waals surface area contributed by atoms with Crippen LogP contribution in [-0.2, 0) is 14.8 Å². The van der Waals surface area contributed by atoms with Crippen LogP contribution in [0.4, 0.5) is 10.5 Å². The van der Waals surface area contributed by atoms with Crippen molar-refractivity contribution in [2.24, 2.45) is 5.73 Å². The SMILES string of the molecule is CCCC(NC(N)=O)C(=O)Nc1ccc(OC)c(S(=O)(=O)N2CCCCC2)c1. The molecule has 1 aromatic rings. The van der Waals surface area contributed by atoms with Crippen molar-refractivity contribution in [1.82, 2.24) is 9.62 Å². The number of rotatable bonds is 8. The van der Waals surface area contributed by atoms with E-state index in [0.717, 1.165) is 19.3 Å². The third kappa shape index (κ3) is 5.35. The van der Waals surface area contributed by atoms with Crippen molar-refractivity contribution < 1.29 is 22.7 Å². The Morgan fingerprint density at radius 1 is 1.25 bits per heavy atom. The lowest BCUT2D eigenvalue weighted by Gasteiger charge is -2.26. The first kappa shape index (κ1) is 22.0. The van der Waals surface area contributed by atoms with Crippen LogP contribution in [0.15, 0.2) is 23.1 Å². The second-order valence-electron chi connectivity index (χ2n) is 6.67. The van der Waals surface area contributed by atoms with Crippen LogP contribution in [0.3, 0.4) is 0 Å². The van der Waals surface area contributed by atoms with E-state index in [0.29, 0.717) is 31.6 Å². The topological polar surface area (TPSA) is 131 Å². The predicted molar refractivity (Wildman–Crippen MR) is 106 cm³/mol. The predicted octanol–water partition coefficient (Wildman–Crippen LogP) is 1.65. The highest BCUT2D eigenvalue weighted by Gasteiger charge is 2.29. The second-order valence-corrected chi connectivity index (χ2v) is 8.58. The fourth-order valence-electron chi connectivity index (χ4n) is 3.16. The van der Waals surface area contributed by atoms with Gasteiger partial charge in [0.25, 0.3) is 0 Å². The van der Waals surface area contributed by atoms with E-state index in [4.69, 9.17) is 10.5 Å². The van der Waals surface area contributed by atoms with E-state index in [2.05, 4.69) is 10.6 Å². The maximum atomic E-state index is 13.0. The summed E-state index contributed by atoms with van der Waals surface area (Å²) in [7, 11) is -2.35. The number of nitrogens with zero attached hydrogens (tertiary/aromatic N) is 1. The Bertz CT molecular complexity index is 806. The molecule has 1 aliphatic heterocycles. The number of hydrogen-bond donors (Lipinski definition) is 3. The van der Waals surface area contributed by atoms with Gasteiger partial charge in [0.05, 0.1) is 7.11 Å². The number of carbonyl (C=O) groups excluding carboxylic acids is 2. The summed E-state index contributed by atoms with van der Waals surface area (Å²) in [5.74, 6) is -0.254. The van der Waals surface area contributed by atoms with Crippen LogP contribution in [-0.4, -0.2) is 50.9 Å². The maximum Gasteiger partial charge on any atom is 0.312 e. The average Bonchev–Trinajstić information content (AvgIpc) is 2.68. The molecule has 156 valence electrons. The number of urea groups is 1. The Morgan fingerprint density at radius 3 is 2.50 bits per heavy atom. The van der Waals surface area contributed by atoms with Gasteiger partial charge in [-0.1, -0.05) is 19.8 Å². The fourth-order valence-corrected chi connectivity index (χ4v) is 4.86. The zero-order valence-electron chi connectivity index (χ0n) is 16.2. The molecule has 2 rings (SSSR count). The number of sulfonamides is 1. The molecule has 1 unspecified atom stereocenters. The third-order valence-corrected chi connectivity index (χ3v) is 6.49. The summed E-state index contributed by atoms with van der Waals surface area (Å²) in [6.45, 7) is 2.80. The Morgan fingerprint density at radius 2 is 1.93 bits per heavy atom. The molecule has 9 nitrogen and oxygen atoms in total. The van der Waals surface area contributed by atoms with Crippen LogP contribution in [0.2, 0.25) is 0 Å². The first-order valence-corrected chi connectivity index (χ1v) is 10.8. The standard InChI is InChI=1S/C18H28N4O5S/c1-3-7-14(21-18(19)24)17(23)20-13-8-9-15(27-2)16(12-13)28(25,26)22-10-5-4-6-11-22/h8-9,12,14H,3-7,10-11H2,1-2H3,(H,20,23)(H3,19,21,24). The summed E-state index contributed by atoms with van der Waals surface area (Å²) >= 11 is 0. The van der Waals surface area contributed by atoms with Crippen molar-refractivity contribution >= 4 is 27.6 Å². The van der Waals surface area contributed by atoms with Crippen LogP contribution in [0, 0.1) is 0 Å². The summed E-state index contributed by atoms with van der Waals surface area (Å²) in [6.07, 6.45) is 3.70. The number of benzene rings is 1. The van der Waals surface area contributed by atoms with E-state index in [1.165, 1.54) is 23.5 Å². The van der Waals surface area contributed by atoms with Crippen molar-refractivity contribution in [3.05, 3.63) is 18.2 Å². The van der Waals surface area contributed by atoms with Gasteiger partial charge in [-0.25, -0.2) is 13.2 Å². The number of amides is 3. The van der Waals surface area contributed by atoms with Crippen molar-refractivity contribution in [3.8, 4) is 5.75 Å². The summed E-state index contributed by atoms with van der Waals surface area (Å²) in [4.78, 5) is 23.6. The van der Waals surface area contributed by atoms with Gasteiger partial charge in [-0.05, 0) is 37.5 Å². The summed E-state index contributed by atoms with van der Waals surface area (Å²) in [6, 6.07) is 2.85. The number of anilines is 1. The van der Waals surface area contributed by atoms with Gasteiger partial charge < -0.3 is 21.1 Å². The van der Waals surface area contributed by atoms with Crippen molar-refractivity contribution in [1.29, 1.82) is 0 Å². The zero-order chi connectivity index (χ0) is 20.7. The molecule has 1 fully saturated rings. The first-order chi connectivity index (χ1) is 13.3. The van der Waals surface area contributed by atoms with Gasteiger partial charge in [0.2, 0.25) is 15.9 Å². The molecule has 0 saturated carbocycles. The van der Waals surface area contributed by atoms with Gasteiger partial charge in [-0.15, -0.1) is 0 Å². The molecule has 0 bridgehead atoms. The quantitative estimate of drug-likeness (QED) is 0.597. The molecule has 1 atom stereocenters. The Labute approximate surface area is 165 Å². The Balaban J connectivity index is 2.28. The van der Waals surface area contributed by atoms with E-state index in [-0.39, 0.29) is 10.6 Å². The molecule has 4 N–H and O–H groups in total. The molecule has 1 heterocycles. The van der Waals surface area contributed by atoms with Crippen LogP contribution < -0.4 is 21.1 Å². The molecule has 0 aliphatic carbocycles. The maximum absolute atomic E-state index is 13.0. The molecule has 28 heavy (non-hydrogen) atoms. The Hall–Kier alpha value is -2.33. The molecule has 0 spiro atoms. The van der Waals surface area contributed by atoms with Crippen LogP contribution in [0.25, 0.3) is 0 Å². The lowest BCUT2D eigenvalue weighted by Crippen LogP contribution is -2.46. The fraction of sp³-hybridized carbons (Fsp3) is 0.556. The van der Waals surface area contributed by atoms with Crippen molar-refractivity contribution in [2.75, 3.05) is 25.5 Å². The van der Waals surface area contributed by atoms with Gasteiger partial charge in [0, 0.05) is 18.8 Å². The minimum atomic E-state index is -3.75.